The van der Waals surface area contributed by atoms with E-state index in [4.69, 9.17) is 5.11 Å². The Balaban J connectivity index is 2.77. The minimum absolute atomic E-state index is 0.106. The number of carbonyl (C=O) groups is 3. The summed E-state index contributed by atoms with van der Waals surface area (Å²) in [5, 5.41) is 14.1. The fraction of sp³-hybridized carbons (Fsp3) is 0.400. The fourth-order valence-electron chi connectivity index (χ4n) is 1.99. The van der Waals surface area contributed by atoms with Crippen molar-refractivity contribution in [2.75, 3.05) is 5.32 Å². The molecule has 1 rings (SSSR count). The van der Waals surface area contributed by atoms with Crippen molar-refractivity contribution in [3.8, 4) is 0 Å². The van der Waals surface area contributed by atoms with Gasteiger partial charge in [-0.25, -0.2) is 0 Å². The topological polar surface area (TPSA) is 95.5 Å². The average molecular weight is 292 g/mol. The zero-order valence-corrected chi connectivity index (χ0v) is 12.2. The average Bonchev–Trinajstić information content (AvgIpc) is 2.37. The Kier molecular flexibility index (Phi) is 6.39. The first-order valence-corrected chi connectivity index (χ1v) is 6.82. The molecular weight excluding hydrogens is 272 g/mol. The molecule has 0 spiro atoms. The monoisotopic (exact) mass is 292 g/mol. The SMILES string of the molecule is CCCC(CC(=O)O)NC(=O)c1cccc(NC(C)=O)c1. The Morgan fingerprint density at radius 1 is 1.29 bits per heavy atom. The van der Waals surface area contributed by atoms with Gasteiger partial charge in [-0.2, -0.15) is 0 Å². The van der Waals surface area contributed by atoms with Gasteiger partial charge in [0.15, 0.2) is 0 Å². The van der Waals surface area contributed by atoms with Gasteiger partial charge in [-0.1, -0.05) is 19.4 Å². The lowest BCUT2D eigenvalue weighted by atomic mass is 10.1. The van der Waals surface area contributed by atoms with Gasteiger partial charge in [0, 0.05) is 24.2 Å². The molecule has 21 heavy (non-hydrogen) atoms. The number of hydrogen-bond donors (Lipinski definition) is 3. The molecule has 3 N–H and O–H groups in total. The molecule has 0 aliphatic heterocycles. The normalized spacial score (nSPS) is 11.5. The van der Waals surface area contributed by atoms with Crippen molar-refractivity contribution in [3.63, 3.8) is 0 Å². The van der Waals surface area contributed by atoms with Gasteiger partial charge in [-0.15, -0.1) is 0 Å². The lowest BCUT2D eigenvalue weighted by Gasteiger charge is -2.16. The first-order valence-electron chi connectivity index (χ1n) is 6.82. The second-order valence-electron chi connectivity index (χ2n) is 4.82. The summed E-state index contributed by atoms with van der Waals surface area (Å²) in [5.74, 6) is -1.51. The van der Waals surface area contributed by atoms with Crippen LogP contribution in [0.15, 0.2) is 24.3 Å². The maximum absolute atomic E-state index is 12.1. The van der Waals surface area contributed by atoms with Gasteiger partial charge in [0.25, 0.3) is 5.91 Å². The standard InChI is InChI=1S/C15H20N2O4/c1-3-5-12(9-14(19)20)17-15(21)11-6-4-7-13(8-11)16-10(2)18/h4,6-8,12H,3,5,9H2,1-2H3,(H,16,18)(H,17,21)(H,19,20). The summed E-state index contributed by atoms with van der Waals surface area (Å²) in [7, 11) is 0. The third-order valence-corrected chi connectivity index (χ3v) is 2.84. The van der Waals surface area contributed by atoms with Gasteiger partial charge in [0.05, 0.1) is 6.42 Å². The lowest BCUT2D eigenvalue weighted by Crippen LogP contribution is -2.36. The summed E-state index contributed by atoms with van der Waals surface area (Å²) in [6.45, 7) is 3.31. The Morgan fingerprint density at radius 3 is 2.57 bits per heavy atom. The Bertz CT molecular complexity index is 528. The second-order valence-corrected chi connectivity index (χ2v) is 4.82. The Morgan fingerprint density at radius 2 is 2.00 bits per heavy atom. The highest BCUT2D eigenvalue weighted by atomic mass is 16.4. The number of rotatable bonds is 7. The van der Waals surface area contributed by atoms with Crippen molar-refractivity contribution in [3.05, 3.63) is 29.8 Å². The quantitative estimate of drug-likeness (QED) is 0.716. The van der Waals surface area contributed by atoms with Gasteiger partial charge in [0.1, 0.15) is 0 Å². The summed E-state index contributed by atoms with van der Waals surface area (Å²) < 4.78 is 0. The minimum atomic E-state index is -0.944. The third kappa shape index (κ3) is 6.07. The van der Waals surface area contributed by atoms with E-state index < -0.39 is 12.0 Å². The van der Waals surface area contributed by atoms with Crippen molar-refractivity contribution >= 4 is 23.5 Å². The highest BCUT2D eigenvalue weighted by molar-refractivity contribution is 5.97. The summed E-state index contributed by atoms with van der Waals surface area (Å²) in [6, 6.07) is 6.11. The second kappa shape index (κ2) is 8.04. The summed E-state index contributed by atoms with van der Waals surface area (Å²) in [6.07, 6.45) is 1.28. The molecule has 0 radical (unpaired) electrons. The third-order valence-electron chi connectivity index (χ3n) is 2.84. The molecule has 0 bridgehead atoms. The molecule has 2 amide bonds. The van der Waals surface area contributed by atoms with Crippen LogP contribution < -0.4 is 10.6 Å². The molecular formula is C15H20N2O4. The van der Waals surface area contributed by atoms with Gasteiger partial charge in [0.2, 0.25) is 5.91 Å². The highest BCUT2D eigenvalue weighted by Gasteiger charge is 2.16. The van der Waals surface area contributed by atoms with E-state index in [9.17, 15) is 14.4 Å². The van der Waals surface area contributed by atoms with Crippen LogP contribution in [0.5, 0.6) is 0 Å². The number of amides is 2. The maximum atomic E-state index is 12.1. The molecule has 0 heterocycles. The van der Waals surface area contributed by atoms with E-state index in [0.717, 1.165) is 6.42 Å². The van der Waals surface area contributed by atoms with Crippen molar-refractivity contribution in [2.24, 2.45) is 0 Å². The largest absolute Gasteiger partial charge is 0.481 e. The van der Waals surface area contributed by atoms with Gasteiger partial charge >= 0.3 is 5.97 Å². The highest BCUT2D eigenvalue weighted by Crippen LogP contribution is 2.12. The van der Waals surface area contributed by atoms with Gasteiger partial charge in [-0.3, -0.25) is 14.4 Å². The minimum Gasteiger partial charge on any atom is -0.481 e. The molecule has 1 aromatic rings. The lowest BCUT2D eigenvalue weighted by molar-refractivity contribution is -0.137. The van der Waals surface area contributed by atoms with Crippen molar-refractivity contribution in [1.29, 1.82) is 0 Å². The van der Waals surface area contributed by atoms with E-state index in [0.29, 0.717) is 17.7 Å². The summed E-state index contributed by atoms with van der Waals surface area (Å²) in [5.41, 5.74) is 0.910. The van der Waals surface area contributed by atoms with Crippen LogP contribution >= 0.6 is 0 Å². The van der Waals surface area contributed by atoms with Crippen molar-refractivity contribution in [2.45, 2.75) is 39.2 Å². The van der Waals surface area contributed by atoms with E-state index in [1.165, 1.54) is 6.92 Å². The number of benzene rings is 1. The van der Waals surface area contributed by atoms with Crippen LogP contribution in [0, 0.1) is 0 Å². The number of hydrogen-bond acceptors (Lipinski definition) is 3. The van der Waals surface area contributed by atoms with Gasteiger partial charge < -0.3 is 15.7 Å². The molecule has 1 atom stereocenters. The molecule has 6 heteroatoms. The number of carbonyl (C=O) groups excluding carboxylic acids is 2. The number of carboxylic acid groups (broad SMARTS) is 1. The number of aliphatic carboxylic acids is 1. The predicted octanol–water partition coefficient (Wildman–Crippen LogP) is 2.02. The van der Waals surface area contributed by atoms with Crippen LogP contribution in [0.3, 0.4) is 0 Å². The van der Waals surface area contributed by atoms with E-state index >= 15 is 0 Å². The van der Waals surface area contributed by atoms with Crippen LogP contribution in [0.1, 0.15) is 43.5 Å². The van der Waals surface area contributed by atoms with E-state index in [2.05, 4.69) is 10.6 Å². The molecule has 0 aliphatic rings. The molecule has 0 aliphatic carbocycles. The number of nitrogens with one attached hydrogen (secondary N) is 2. The van der Waals surface area contributed by atoms with Crippen molar-refractivity contribution in [1.82, 2.24) is 5.32 Å². The van der Waals surface area contributed by atoms with Crippen LogP contribution in [0.2, 0.25) is 0 Å². The first kappa shape index (κ1) is 16.7. The first-order chi connectivity index (χ1) is 9.92. The van der Waals surface area contributed by atoms with Crippen molar-refractivity contribution < 1.29 is 19.5 Å². The van der Waals surface area contributed by atoms with E-state index in [1.54, 1.807) is 24.3 Å². The molecule has 6 nitrogen and oxygen atoms in total. The Labute approximate surface area is 123 Å². The molecule has 0 fully saturated rings. The van der Waals surface area contributed by atoms with Crippen LogP contribution in [-0.4, -0.2) is 28.9 Å². The van der Waals surface area contributed by atoms with Crippen LogP contribution in [0.4, 0.5) is 5.69 Å². The molecule has 0 saturated heterocycles. The Hall–Kier alpha value is -2.37. The number of carboxylic acids is 1. The predicted molar refractivity (Wildman–Crippen MR) is 79.2 cm³/mol. The fourth-order valence-corrected chi connectivity index (χ4v) is 1.99. The zero-order chi connectivity index (χ0) is 15.8. The molecule has 1 unspecified atom stereocenters. The number of anilines is 1. The van der Waals surface area contributed by atoms with Crippen LogP contribution in [0.25, 0.3) is 0 Å². The van der Waals surface area contributed by atoms with Gasteiger partial charge in [-0.05, 0) is 24.6 Å². The summed E-state index contributed by atoms with van der Waals surface area (Å²) >= 11 is 0. The zero-order valence-electron chi connectivity index (χ0n) is 12.2. The molecule has 114 valence electrons. The summed E-state index contributed by atoms with van der Waals surface area (Å²) in [4.78, 5) is 33.9. The molecule has 1 aromatic carbocycles. The van der Waals surface area contributed by atoms with E-state index in [1.807, 2.05) is 6.92 Å². The smallest absolute Gasteiger partial charge is 0.305 e. The van der Waals surface area contributed by atoms with Crippen LogP contribution in [-0.2, 0) is 9.59 Å². The maximum Gasteiger partial charge on any atom is 0.305 e. The van der Waals surface area contributed by atoms with E-state index in [-0.39, 0.29) is 18.2 Å². The molecule has 0 saturated carbocycles. The molecule has 0 aromatic heterocycles.